The second kappa shape index (κ2) is 4.34. The van der Waals surface area contributed by atoms with Crippen LogP contribution >= 0.6 is 0 Å². The van der Waals surface area contributed by atoms with Crippen molar-refractivity contribution >= 4 is 6.01 Å². The van der Waals surface area contributed by atoms with E-state index in [1.165, 1.54) is 12.8 Å². The molecule has 1 aliphatic heterocycles. The van der Waals surface area contributed by atoms with Crippen LogP contribution < -0.4 is 5.32 Å². The van der Waals surface area contributed by atoms with Gasteiger partial charge in [-0.05, 0) is 12.8 Å². The summed E-state index contributed by atoms with van der Waals surface area (Å²) in [7, 11) is 0. The van der Waals surface area contributed by atoms with Crippen molar-refractivity contribution in [3.05, 3.63) is 23.0 Å². The van der Waals surface area contributed by atoms with E-state index in [1.807, 2.05) is 0 Å². The van der Waals surface area contributed by atoms with Crippen molar-refractivity contribution in [3.8, 4) is 0 Å². The SMILES string of the molecule is C1Cc2nc(CNc3nc(C4CC4)no3)[nH]c2CO1. The van der Waals surface area contributed by atoms with E-state index in [4.69, 9.17) is 9.26 Å². The van der Waals surface area contributed by atoms with Gasteiger partial charge in [-0.2, -0.15) is 4.98 Å². The summed E-state index contributed by atoms with van der Waals surface area (Å²) in [5.41, 5.74) is 2.18. The lowest BCUT2D eigenvalue weighted by molar-refractivity contribution is 0.107. The van der Waals surface area contributed by atoms with Gasteiger partial charge in [-0.25, -0.2) is 4.98 Å². The maximum atomic E-state index is 5.38. The molecule has 0 bridgehead atoms. The minimum Gasteiger partial charge on any atom is -0.375 e. The van der Waals surface area contributed by atoms with E-state index in [1.54, 1.807) is 0 Å². The minimum atomic E-state index is 0.465. The number of imidazole rings is 1. The van der Waals surface area contributed by atoms with Crippen LogP contribution in [0.5, 0.6) is 0 Å². The number of rotatable bonds is 4. The highest BCUT2D eigenvalue weighted by Crippen LogP contribution is 2.38. The highest BCUT2D eigenvalue weighted by molar-refractivity contribution is 5.23. The van der Waals surface area contributed by atoms with Crippen molar-refractivity contribution in [2.75, 3.05) is 11.9 Å². The van der Waals surface area contributed by atoms with Gasteiger partial charge in [-0.15, -0.1) is 0 Å². The van der Waals surface area contributed by atoms with E-state index < -0.39 is 0 Å². The number of aromatic amines is 1. The number of ether oxygens (including phenoxy) is 1. The fraction of sp³-hybridized carbons (Fsp3) is 0.583. The van der Waals surface area contributed by atoms with E-state index >= 15 is 0 Å². The first-order valence-electron chi connectivity index (χ1n) is 6.60. The molecular formula is C12H15N5O2. The van der Waals surface area contributed by atoms with E-state index in [0.717, 1.165) is 36.1 Å². The Labute approximate surface area is 109 Å². The highest BCUT2D eigenvalue weighted by atomic mass is 16.5. The van der Waals surface area contributed by atoms with Crippen molar-refractivity contribution in [1.29, 1.82) is 0 Å². The molecule has 7 nitrogen and oxygen atoms in total. The van der Waals surface area contributed by atoms with Crippen molar-refractivity contribution in [1.82, 2.24) is 20.1 Å². The molecule has 0 saturated heterocycles. The smallest absolute Gasteiger partial charge is 0.321 e. The minimum absolute atomic E-state index is 0.465. The van der Waals surface area contributed by atoms with Gasteiger partial charge in [0.1, 0.15) is 5.82 Å². The van der Waals surface area contributed by atoms with Crippen LogP contribution in [0.1, 0.15) is 41.8 Å². The fourth-order valence-electron chi connectivity index (χ4n) is 2.23. The monoisotopic (exact) mass is 261 g/mol. The van der Waals surface area contributed by atoms with Crippen LogP contribution in [0.4, 0.5) is 6.01 Å². The van der Waals surface area contributed by atoms with E-state index in [9.17, 15) is 0 Å². The maximum absolute atomic E-state index is 5.38. The van der Waals surface area contributed by atoms with Crippen LogP contribution in [-0.4, -0.2) is 26.7 Å². The first-order chi connectivity index (χ1) is 9.38. The zero-order chi connectivity index (χ0) is 12.7. The van der Waals surface area contributed by atoms with Crippen molar-refractivity contribution in [2.45, 2.75) is 38.3 Å². The molecule has 100 valence electrons. The topological polar surface area (TPSA) is 88.9 Å². The van der Waals surface area contributed by atoms with Crippen LogP contribution in [0.3, 0.4) is 0 Å². The third-order valence-electron chi connectivity index (χ3n) is 3.43. The Morgan fingerprint density at radius 3 is 3.11 bits per heavy atom. The summed E-state index contributed by atoms with van der Waals surface area (Å²) in [5.74, 6) is 2.20. The largest absolute Gasteiger partial charge is 0.375 e. The molecular weight excluding hydrogens is 246 g/mol. The van der Waals surface area contributed by atoms with Gasteiger partial charge < -0.3 is 19.6 Å². The predicted octanol–water partition coefficient (Wildman–Crippen LogP) is 1.35. The number of anilines is 1. The van der Waals surface area contributed by atoms with Gasteiger partial charge in [-0.1, -0.05) is 5.16 Å². The Morgan fingerprint density at radius 2 is 2.26 bits per heavy atom. The first kappa shape index (κ1) is 11.0. The molecule has 4 rings (SSSR count). The number of hydrogen-bond acceptors (Lipinski definition) is 6. The van der Waals surface area contributed by atoms with Crippen LogP contribution in [0.15, 0.2) is 4.52 Å². The number of H-pyrrole nitrogens is 1. The molecule has 0 spiro atoms. The van der Waals surface area contributed by atoms with Crippen LogP contribution in [-0.2, 0) is 24.3 Å². The Morgan fingerprint density at radius 1 is 1.32 bits per heavy atom. The summed E-state index contributed by atoms with van der Waals surface area (Å²) < 4.78 is 10.5. The molecule has 2 aromatic heterocycles. The normalized spacial score (nSPS) is 18.3. The fourth-order valence-corrected chi connectivity index (χ4v) is 2.23. The third kappa shape index (κ3) is 2.21. The Bertz CT molecular complexity index is 563. The summed E-state index contributed by atoms with van der Waals surface area (Å²) in [4.78, 5) is 12.1. The molecule has 0 amide bonds. The number of aromatic nitrogens is 4. The van der Waals surface area contributed by atoms with E-state index in [0.29, 0.717) is 25.1 Å². The number of nitrogens with one attached hydrogen (secondary N) is 2. The number of nitrogens with zero attached hydrogens (tertiary/aromatic N) is 3. The van der Waals surface area contributed by atoms with Gasteiger partial charge >= 0.3 is 6.01 Å². The molecule has 3 heterocycles. The average molecular weight is 261 g/mol. The molecule has 7 heteroatoms. The zero-order valence-electron chi connectivity index (χ0n) is 10.5. The van der Waals surface area contributed by atoms with E-state index in [-0.39, 0.29) is 0 Å². The summed E-state index contributed by atoms with van der Waals surface area (Å²) in [6, 6.07) is 0.465. The molecule has 2 aliphatic rings. The van der Waals surface area contributed by atoms with Gasteiger partial charge in [0.2, 0.25) is 0 Å². The van der Waals surface area contributed by atoms with Crippen LogP contribution in [0, 0.1) is 0 Å². The Hall–Kier alpha value is -1.89. The lowest BCUT2D eigenvalue weighted by Crippen LogP contribution is -2.08. The Kier molecular flexibility index (Phi) is 2.51. The Balaban J connectivity index is 1.41. The molecule has 1 aliphatic carbocycles. The number of fused-ring (bicyclic) bond motifs is 1. The van der Waals surface area contributed by atoms with Crippen molar-refractivity contribution in [2.24, 2.45) is 0 Å². The molecule has 19 heavy (non-hydrogen) atoms. The molecule has 0 aromatic carbocycles. The summed E-state index contributed by atoms with van der Waals surface area (Å²) in [5, 5.41) is 7.05. The number of hydrogen-bond donors (Lipinski definition) is 2. The van der Waals surface area contributed by atoms with Gasteiger partial charge in [0.05, 0.1) is 31.1 Å². The van der Waals surface area contributed by atoms with Crippen molar-refractivity contribution < 1.29 is 9.26 Å². The van der Waals surface area contributed by atoms with Crippen LogP contribution in [0.2, 0.25) is 0 Å². The van der Waals surface area contributed by atoms with Crippen LogP contribution in [0.25, 0.3) is 0 Å². The van der Waals surface area contributed by atoms with Gasteiger partial charge in [0.25, 0.3) is 0 Å². The average Bonchev–Trinajstić information content (AvgIpc) is 3.03. The molecule has 0 atom stereocenters. The second-order valence-corrected chi connectivity index (χ2v) is 5.00. The maximum Gasteiger partial charge on any atom is 0.321 e. The van der Waals surface area contributed by atoms with Gasteiger partial charge in [0, 0.05) is 12.3 Å². The van der Waals surface area contributed by atoms with E-state index in [2.05, 4.69) is 25.4 Å². The lowest BCUT2D eigenvalue weighted by Gasteiger charge is -2.09. The standard InChI is InChI=1S/C12H15N5O2/c1-2-7(1)11-16-12(19-17-11)13-5-10-14-8-3-4-18-6-9(8)15-10/h7H,1-6H2,(H,14,15)(H,13,16,17). The highest BCUT2D eigenvalue weighted by Gasteiger charge is 2.28. The summed E-state index contributed by atoms with van der Waals surface area (Å²) in [6.07, 6.45) is 3.21. The summed E-state index contributed by atoms with van der Waals surface area (Å²) >= 11 is 0. The second-order valence-electron chi connectivity index (χ2n) is 5.00. The predicted molar refractivity (Wildman–Crippen MR) is 65.5 cm³/mol. The van der Waals surface area contributed by atoms with Gasteiger partial charge in [-0.3, -0.25) is 0 Å². The first-order valence-corrected chi connectivity index (χ1v) is 6.60. The molecule has 1 fully saturated rings. The molecule has 2 N–H and O–H groups in total. The third-order valence-corrected chi connectivity index (χ3v) is 3.43. The molecule has 1 saturated carbocycles. The van der Waals surface area contributed by atoms with Gasteiger partial charge in [0.15, 0.2) is 5.82 Å². The zero-order valence-corrected chi connectivity index (χ0v) is 10.5. The molecule has 2 aromatic rings. The molecule has 0 unspecified atom stereocenters. The lowest BCUT2D eigenvalue weighted by atomic mass is 10.2. The van der Waals surface area contributed by atoms with Crippen molar-refractivity contribution in [3.63, 3.8) is 0 Å². The quantitative estimate of drug-likeness (QED) is 0.863. The summed E-state index contributed by atoms with van der Waals surface area (Å²) in [6.45, 7) is 1.92. The molecule has 0 radical (unpaired) electrons.